The number of benzene rings is 2. The molecular formula is C22H17N3O8S. The highest BCUT2D eigenvalue weighted by atomic mass is 32.2. The summed E-state index contributed by atoms with van der Waals surface area (Å²) in [5.74, 6) is -1.87. The molecule has 0 bridgehead atoms. The van der Waals surface area contributed by atoms with Gasteiger partial charge in [0.25, 0.3) is 17.4 Å². The molecule has 1 unspecified atom stereocenters. The number of Topliss-reactive ketones (excluding diaryl/α,β-unsaturated/α-hetero) is 1. The Labute approximate surface area is 192 Å². The molecule has 1 fully saturated rings. The summed E-state index contributed by atoms with van der Waals surface area (Å²) in [6.45, 7) is 1.66. The first kappa shape index (κ1) is 22.9. The number of nitro benzene ring substituents is 1. The van der Waals surface area contributed by atoms with Gasteiger partial charge in [-0.1, -0.05) is 0 Å². The largest absolute Gasteiger partial charge is 0.507 e. The molecule has 1 aromatic heterocycles. The van der Waals surface area contributed by atoms with E-state index in [0.717, 1.165) is 17.0 Å². The molecule has 12 heteroatoms. The number of rotatable bonds is 5. The Morgan fingerprint density at radius 2 is 1.68 bits per heavy atom. The van der Waals surface area contributed by atoms with Crippen LogP contribution < -0.4 is 10.0 Å². The lowest BCUT2D eigenvalue weighted by Crippen LogP contribution is -2.29. The third kappa shape index (κ3) is 3.95. The highest BCUT2D eigenvalue weighted by Crippen LogP contribution is 2.42. The number of nitrogens with zero attached hydrogens (tertiary/aromatic N) is 2. The van der Waals surface area contributed by atoms with Crippen LogP contribution >= 0.6 is 0 Å². The van der Waals surface area contributed by atoms with Crippen LogP contribution in [0.4, 0.5) is 11.4 Å². The third-order valence-electron chi connectivity index (χ3n) is 5.27. The highest BCUT2D eigenvalue weighted by Gasteiger charge is 2.48. The topological polar surface area (TPSA) is 174 Å². The van der Waals surface area contributed by atoms with Gasteiger partial charge in [0.2, 0.25) is 10.0 Å². The Kier molecular flexibility index (Phi) is 5.55. The first-order chi connectivity index (χ1) is 16.0. The second-order valence-electron chi connectivity index (χ2n) is 7.46. The Bertz CT molecular complexity index is 1450. The maximum absolute atomic E-state index is 13.0. The Balaban J connectivity index is 1.88. The number of aliphatic hydroxyl groups excluding tert-OH is 1. The molecule has 0 radical (unpaired) electrons. The van der Waals surface area contributed by atoms with Gasteiger partial charge in [-0.05, 0) is 55.5 Å². The summed E-state index contributed by atoms with van der Waals surface area (Å²) < 4.78 is 28.8. The molecule has 1 saturated heterocycles. The first-order valence-electron chi connectivity index (χ1n) is 9.74. The van der Waals surface area contributed by atoms with Crippen molar-refractivity contribution in [3.63, 3.8) is 0 Å². The monoisotopic (exact) mass is 483 g/mol. The fourth-order valence-electron chi connectivity index (χ4n) is 3.66. The van der Waals surface area contributed by atoms with Crippen molar-refractivity contribution in [3.05, 3.63) is 93.4 Å². The molecule has 2 aromatic carbocycles. The van der Waals surface area contributed by atoms with Crippen LogP contribution in [0, 0.1) is 17.0 Å². The Morgan fingerprint density at radius 1 is 1.06 bits per heavy atom. The number of primary sulfonamides is 1. The van der Waals surface area contributed by atoms with Crippen LogP contribution in [0.2, 0.25) is 0 Å². The zero-order valence-corrected chi connectivity index (χ0v) is 18.4. The van der Waals surface area contributed by atoms with E-state index in [2.05, 4.69) is 0 Å². The average Bonchev–Trinajstić information content (AvgIpc) is 3.33. The van der Waals surface area contributed by atoms with Crippen molar-refractivity contribution in [1.29, 1.82) is 0 Å². The van der Waals surface area contributed by atoms with Crippen molar-refractivity contribution >= 4 is 38.8 Å². The van der Waals surface area contributed by atoms with Crippen molar-refractivity contribution < 1.29 is 32.5 Å². The predicted octanol–water partition coefficient (Wildman–Crippen LogP) is 2.77. The van der Waals surface area contributed by atoms with Crippen LogP contribution in [0.15, 0.2) is 75.5 Å². The SMILES string of the molecule is Cc1ccc(C2/C(=C(/O)c3ccc([N+](=O)[O-])cc3)C(=O)C(=O)N2c2ccc(S(N)(=O)=O)cc2)o1. The van der Waals surface area contributed by atoms with E-state index in [-0.39, 0.29) is 33.2 Å². The van der Waals surface area contributed by atoms with Crippen molar-refractivity contribution in [2.45, 2.75) is 17.9 Å². The van der Waals surface area contributed by atoms with Crippen LogP contribution in [0.1, 0.15) is 23.1 Å². The van der Waals surface area contributed by atoms with Crippen molar-refractivity contribution in [1.82, 2.24) is 0 Å². The molecule has 1 aliphatic heterocycles. The second kappa shape index (κ2) is 8.24. The molecule has 174 valence electrons. The molecule has 0 spiro atoms. The second-order valence-corrected chi connectivity index (χ2v) is 9.02. The summed E-state index contributed by atoms with van der Waals surface area (Å²) in [6, 6.07) is 11.8. The van der Waals surface area contributed by atoms with Crippen molar-refractivity contribution in [3.8, 4) is 0 Å². The van der Waals surface area contributed by atoms with E-state index in [1.807, 2.05) is 0 Å². The van der Waals surface area contributed by atoms with Gasteiger partial charge in [0.05, 0.1) is 15.4 Å². The number of aryl methyl sites for hydroxylation is 1. The van der Waals surface area contributed by atoms with E-state index < -0.39 is 38.4 Å². The zero-order valence-electron chi connectivity index (χ0n) is 17.5. The lowest BCUT2D eigenvalue weighted by Gasteiger charge is -2.23. The van der Waals surface area contributed by atoms with E-state index in [1.165, 1.54) is 36.4 Å². The number of hydrogen-bond donors (Lipinski definition) is 2. The number of hydrogen-bond acceptors (Lipinski definition) is 8. The molecule has 3 N–H and O–H groups in total. The number of carbonyl (C=O) groups excluding carboxylic acids is 2. The van der Waals surface area contributed by atoms with Gasteiger partial charge in [-0.3, -0.25) is 24.6 Å². The predicted molar refractivity (Wildman–Crippen MR) is 119 cm³/mol. The van der Waals surface area contributed by atoms with Crippen LogP contribution in [-0.4, -0.2) is 30.1 Å². The van der Waals surface area contributed by atoms with Gasteiger partial charge in [0.15, 0.2) is 0 Å². The molecule has 3 aromatic rings. The molecule has 4 rings (SSSR count). The first-order valence-corrected chi connectivity index (χ1v) is 11.3. The summed E-state index contributed by atoms with van der Waals surface area (Å²) in [5, 5.41) is 27.0. The fraction of sp³-hybridized carbons (Fsp3) is 0.0909. The number of non-ortho nitro benzene ring substituents is 1. The fourth-order valence-corrected chi connectivity index (χ4v) is 4.18. The van der Waals surface area contributed by atoms with Crippen molar-refractivity contribution in [2.75, 3.05) is 4.90 Å². The van der Waals surface area contributed by atoms with Crippen LogP contribution in [0.5, 0.6) is 0 Å². The summed E-state index contributed by atoms with van der Waals surface area (Å²) in [4.78, 5) is 37.2. The molecule has 1 atom stereocenters. The Hall–Kier alpha value is -4.29. The number of sulfonamides is 1. The number of aliphatic hydroxyl groups is 1. The third-order valence-corrected chi connectivity index (χ3v) is 6.20. The standard InChI is InChI=1S/C22H17N3O8S/c1-12-2-11-17(33-12)19-18(20(26)13-3-5-15(6-4-13)25(29)30)21(27)22(28)24(19)14-7-9-16(10-8-14)34(23,31)32/h2-11,19,26H,1H3,(H2,23,31,32)/b20-18-. The van der Waals surface area contributed by atoms with Crippen molar-refractivity contribution in [2.24, 2.45) is 5.14 Å². The summed E-state index contributed by atoms with van der Waals surface area (Å²) in [5.41, 5.74) is -0.258. The van der Waals surface area contributed by atoms with E-state index in [1.54, 1.807) is 19.1 Å². The Morgan fingerprint density at radius 3 is 2.18 bits per heavy atom. The smallest absolute Gasteiger partial charge is 0.300 e. The van der Waals surface area contributed by atoms with Gasteiger partial charge >= 0.3 is 0 Å². The maximum atomic E-state index is 13.0. The molecule has 0 saturated carbocycles. The molecule has 2 heterocycles. The number of amides is 1. The number of nitro groups is 1. The molecule has 11 nitrogen and oxygen atoms in total. The number of furan rings is 1. The minimum atomic E-state index is -3.99. The van der Waals surface area contributed by atoms with Crippen LogP contribution in [0.3, 0.4) is 0 Å². The minimum absolute atomic E-state index is 0.0847. The number of carbonyl (C=O) groups is 2. The van der Waals surface area contributed by atoms with Gasteiger partial charge in [-0.2, -0.15) is 0 Å². The average molecular weight is 483 g/mol. The normalized spacial score (nSPS) is 17.8. The maximum Gasteiger partial charge on any atom is 0.300 e. The molecule has 1 aliphatic rings. The highest BCUT2D eigenvalue weighted by molar-refractivity contribution is 7.89. The van der Waals surface area contributed by atoms with Gasteiger partial charge in [0.1, 0.15) is 23.3 Å². The van der Waals surface area contributed by atoms with Gasteiger partial charge < -0.3 is 9.52 Å². The van der Waals surface area contributed by atoms with E-state index in [4.69, 9.17) is 9.56 Å². The lowest BCUT2D eigenvalue weighted by molar-refractivity contribution is -0.384. The summed E-state index contributed by atoms with van der Waals surface area (Å²) in [6.07, 6.45) is 0. The minimum Gasteiger partial charge on any atom is -0.507 e. The quantitative estimate of drug-likeness (QED) is 0.183. The molecular weight excluding hydrogens is 466 g/mol. The van der Waals surface area contributed by atoms with Gasteiger partial charge in [-0.25, -0.2) is 13.6 Å². The van der Waals surface area contributed by atoms with Crippen LogP contribution in [0.25, 0.3) is 5.76 Å². The van der Waals surface area contributed by atoms with E-state index in [0.29, 0.717) is 5.76 Å². The number of nitrogens with two attached hydrogens (primary N) is 1. The van der Waals surface area contributed by atoms with Crippen LogP contribution in [-0.2, 0) is 19.6 Å². The number of ketones is 1. The molecule has 1 amide bonds. The molecule has 0 aliphatic carbocycles. The summed E-state index contributed by atoms with van der Waals surface area (Å²) in [7, 11) is -3.99. The number of anilines is 1. The zero-order chi connectivity index (χ0) is 24.8. The molecule has 34 heavy (non-hydrogen) atoms. The van der Waals surface area contributed by atoms with E-state index >= 15 is 0 Å². The summed E-state index contributed by atoms with van der Waals surface area (Å²) >= 11 is 0. The van der Waals surface area contributed by atoms with Gasteiger partial charge in [-0.15, -0.1) is 0 Å². The lowest BCUT2D eigenvalue weighted by atomic mass is 9.99. The van der Waals surface area contributed by atoms with E-state index in [9.17, 15) is 33.2 Å². The van der Waals surface area contributed by atoms with Gasteiger partial charge in [0, 0.05) is 23.4 Å².